The van der Waals surface area contributed by atoms with Gasteiger partial charge in [0.05, 0.1) is 19.1 Å². The minimum Gasteiger partial charge on any atom is -0.466 e. The van der Waals surface area contributed by atoms with Crippen LogP contribution in [0.15, 0.2) is 46.9 Å². The number of ether oxygens (including phenoxy) is 1. The van der Waals surface area contributed by atoms with Crippen LogP contribution in [0.1, 0.15) is 25.1 Å². The van der Waals surface area contributed by atoms with Gasteiger partial charge in [0.2, 0.25) is 0 Å². The fraction of sp³-hybridized carbons (Fsp3) is 0.267. The largest absolute Gasteiger partial charge is 0.466 e. The molecule has 100 valence electrons. The second-order valence-electron chi connectivity index (χ2n) is 4.18. The van der Waals surface area contributed by atoms with E-state index < -0.39 is 6.04 Å². The molecule has 4 heteroatoms. The molecule has 1 aromatic carbocycles. The maximum Gasteiger partial charge on any atom is 0.307 e. The molecule has 0 spiro atoms. The lowest BCUT2D eigenvalue weighted by Crippen LogP contribution is -2.16. The molecule has 0 saturated carbocycles. The number of rotatable bonds is 5. The Morgan fingerprint density at radius 3 is 2.68 bits per heavy atom. The molecule has 4 nitrogen and oxygen atoms in total. The van der Waals surface area contributed by atoms with Crippen LogP contribution >= 0.6 is 0 Å². The predicted molar refractivity (Wildman–Crippen MR) is 72.3 cm³/mol. The highest BCUT2D eigenvalue weighted by Gasteiger charge is 2.16. The lowest BCUT2D eigenvalue weighted by atomic mass is 10.1. The molecule has 1 atom stereocenters. The molecule has 2 rings (SSSR count). The van der Waals surface area contributed by atoms with E-state index in [0.29, 0.717) is 12.4 Å². The fourth-order valence-corrected chi connectivity index (χ4v) is 1.81. The van der Waals surface area contributed by atoms with Crippen LogP contribution in [-0.2, 0) is 9.53 Å². The van der Waals surface area contributed by atoms with Gasteiger partial charge in [-0.05, 0) is 19.1 Å². The van der Waals surface area contributed by atoms with Crippen molar-refractivity contribution in [3.05, 3.63) is 48.2 Å². The summed E-state index contributed by atoms with van der Waals surface area (Å²) in [5, 5.41) is 0. The number of furan rings is 1. The van der Waals surface area contributed by atoms with Gasteiger partial charge in [0, 0.05) is 5.56 Å². The zero-order valence-corrected chi connectivity index (χ0v) is 10.8. The summed E-state index contributed by atoms with van der Waals surface area (Å²) < 4.78 is 10.5. The third-order valence-corrected chi connectivity index (χ3v) is 2.74. The minimum absolute atomic E-state index is 0.121. The number of carbonyl (C=O) groups is 1. The Morgan fingerprint density at radius 1 is 1.26 bits per heavy atom. The molecule has 1 aromatic heterocycles. The zero-order valence-electron chi connectivity index (χ0n) is 10.8. The first-order valence-electron chi connectivity index (χ1n) is 6.27. The molecule has 0 aliphatic heterocycles. The molecule has 0 radical (unpaired) electrons. The van der Waals surface area contributed by atoms with Crippen LogP contribution in [0.3, 0.4) is 0 Å². The van der Waals surface area contributed by atoms with E-state index in [1.54, 1.807) is 13.0 Å². The first-order chi connectivity index (χ1) is 9.20. The van der Waals surface area contributed by atoms with E-state index in [1.807, 2.05) is 36.4 Å². The molecule has 19 heavy (non-hydrogen) atoms. The third-order valence-electron chi connectivity index (χ3n) is 2.74. The number of hydrogen-bond acceptors (Lipinski definition) is 4. The van der Waals surface area contributed by atoms with Gasteiger partial charge in [-0.2, -0.15) is 0 Å². The maximum atomic E-state index is 11.4. The van der Waals surface area contributed by atoms with Crippen LogP contribution < -0.4 is 5.73 Å². The summed E-state index contributed by atoms with van der Waals surface area (Å²) in [6.45, 7) is 2.13. The summed E-state index contributed by atoms with van der Waals surface area (Å²) in [5.41, 5.74) is 6.91. The summed E-state index contributed by atoms with van der Waals surface area (Å²) >= 11 is 0. The van der Waals surface area contributed by atoms with Crippen molar-refractivity contribution in [2.75, 3.05) is 6.61 Å². The average Bonchev–Trinajstić information content (AvgIpc) is 2.89. The van der Waals surface area contributed by atoms with Crippen LogP contribution in [0, 0.1) is 0 Å². The second kappa shape index (κ2) is 6.20. The lowest BCUT2D eigenvalue weighted by Gasteiger charge is -2.07. The van der Waals surface area contributed by atoms with Gasteiger partial charge in [0.25, 0.3) is 0 Å². The Balaban J connectivity index is 2.07. The minimum atomic E-state index is -0.475. The van der Waals surface area contributed by atoms with Crippen molar-refractivity contribution in [2.45, 2.75) is 19.4 Å². The van der Waals surface area contributed by atoms with Crippen molar-refractivity contribution in [3.8, 4) is 11.3 Å². The molecular formula is C15H17NO3. The summed E-state index contributed by atoms with van der Waals surface area (Å²) in [6, 6.07) is 12.9. The average molecular weight is 259 g/mol. The third kappa shape index (κ3) is 3.45. The Labute approximate surface area is 112 Å². The molecule has 2 aromatic rings. The van der Waals surface area contributed by atoms with Crippen LogP contribution in [0.4, 0.5) is 0 Å². The SMILES string of the molecule is CCOC(=O)C[C@@H](N)c1ccc(-c2ccccc2)o1. The van der Waals surface area contributed by atoms with Gasteiger partial charge in [-0.3, -0.25) is 4.79 Å². The summed E-state index contributed by atoms with van der Waals surface area (Å²) in [6.07, 6.45) is 0.121. The highest BCUT2D eigenvalue weighted by molar-refractivity contribution is 5.70. The Kier molecular flexibility index (Phi) is 4.36. The van der Waals surface area contributed by atoms with Crippen molar-refractivity contribution < 1.29 is 13.9 Å². The van der Waals surface area contributed by atoms with Gasteiger partial charge in [0.15, 0.2) is 0 Å². The number of carbonyl (C=O) groups excluding carboxylic acids is 1. The summed E-state index contributed by atoms with van der Waals surface area (Å²) in [4.78, 5) is 11.4. The Bertz CT molecular complexity index is 533. The standard InChI is InChI=1S/C15H17NO3/c1-2-18-15(17)10-12(16)14-9-8-13(19-14)11-6-4-3-5-7-11/h3-9,12H,2,10,16H2,1H3/t12-/m1/s1. The van der Waals surface area contributed by atoms with Crippen molar-refractivity contribution in [1.82, 2.24) is 0 Å². The molecule has 0 unspecified atom stereocenters. The highest BCUT2D eigenvalue weighted by atomic mass is 16.5. The van der Waals surface area contributed by atoms with E-state index in [4.69, 9.17) is 14.9 Å². The van der Waals surface area contributed by atoms with E-state index in [2.05, 4.69) is 0 Å². The van der Waals surface area contributed by atoms with E-state index in [-0.39, 0.29) is 12.4 Å². The van der Waals surface area contributed by atoms with Crippen LogP contribution in [-0.4, -0.2) is 12.6 Å². The monoisotopic (exact) mass is 259 g/mol. The molecule has 0 saturated heterocycles. The Morgan fingerprint density at radius 2 is 2.00 bits per heavy atom. The molecule has 0 fully saturated rings. The van der Waals surface area contributed by atoms with Gasteiger partial charge in [0.1, 0.15) is 11.5 Å². The number of hydrogen-bond donors (Lipinski definition) is 1. The van der Waals surface area contributed by atoms with Gasteiger partial charge in [-0.25, -0.2) is 0 Å². The van der Waals surface area contributed by atoms with Gasteiger partial charge in [-0.1, -0.05) is 30.3 Å². The molecule has 0 bridgehead atoms. The number of benzene rings is 1. The van der Waals surface area contributed by atoms with E-state index in [0.717, 1.165) is 11.3 Å². The topological polar surface area (TPSA) is 65.5 Å². The molecule has 0 amide bonds. The van der Waals surface area contributed by atoms with E-state index in [1.165, 1.54) is 0 Å². The smallest absolute Gasteiger partial charge is 0.307 e. The van der Waals surface area contributed by atoms with Crippen LogP contribution in [0.2, 0.25) is 0 Å². The van der Waals surface area contributed by atoms with Crippen LogP contribution in [0.5, 0.6) is 0 Å². The highest BCUT2D eigenvalue weighted by Crippen LogP contribution is 2.25. The predicted octanol–water partition coefficient (Wildman–Crippen LogP) is 2.90. The normalized spacial score (nSPS) is 12.1. The fourth-order valence-electron chi connectivity index (χ4n) is 1.81. The molecule has 1 heterocycles. The van der Waals surface area contributed by atoms with Gasteiger partial charge < -0.3 is 14.9 Å². The molecule has 0 aliphatic rings. The molecule has 2 N–H and O–H groups in total. The first-order valence-corrected chi connectivity index (χ1v) is 6.27. The van der Waals surface area contributed by atoms with E-state index in [9.17, 15) is 4.79 Å². The lowest BCUT2D eigenvalue weighted by molar-refractivity contribution is -0.143. The van der Waals surface area contributed by atoms with Crippen molar-refractivity contribution in [3.63, 3.8) is 0 Å². The second-order valence-corrected chi connectivity index (χ2v) is 4.18. The van der Waals surface area contributed by atoms with E-state index >= 15 is 0 Å². The molecule has 0 aliphatic carbocycles. The van der Waals surface area contributed by atoms with Crippen LogP contribution in [0.25, 0.3) is 11.3 Å². The first kappa shape index (κ1) is 13.4. The van der Waals surface area contributed by atoms with Crippen molar-refractivity contribution in [1.29, 1.82) is 0 Å². The summed E-state index contributed by atoms with van der Waals surface area (Å²) in [7, 11) is 0. The zero-order chi connectivity index (χ0) is 13.7. The van der Waals surface area contributed by atoms with Gasteiger partial charge in [-0.15, -0.1) is 0 Å². The maximum absolute atomic E-state index is 11.4. The van der Waals surface area contributed by atoms with Gasteiger partial charge >= 0.3 is 5.97 Å². The van der Waals surface area contributed by atoms with Crippen molar-refractivity contribution >= 4 is 5.97 Å². The molecular weight excluding hydrogens is 242 g/mol. The number of esters is 1. The number of nitrogens with two attached hydrogens (primary N) is 1. The van der Waals surface area contributed by atoms with Crippen molar-refractivity contribution in [2.24, 2.45) is 5.73 Å². The quantitative estimate of drug-likeness (QED) is 0.838. The summed E-state index contributed by atoms with van der Waals surface area (Å²) in [5.74, 6) is 1.02. The Hall–Kier alpha value is -2.07.